The van der Waals surface area contributed by atoms with Crippen molar-refractivity contribution >= 4 is 33.2 Å². The van der Waals surface area contributed by atoms with Gasteiger partial charge in [0.1, 0.15) is 10.7 Å². The van der Waals surface area contributed by atoms with Crippen LogP contribution in [0.15, 0.2) is 41.3 Å². The van der Waals surface area contributed by atoms with E-state index in [1.165, 1.54) is 50.5 Å². The van der Waals surface area contributed by atoms with E-state index >= 15 is 0 Å². The van der Waals surface area contributed by atoms with Crippen LogP contribution in [0.1, 0.15) is 15.9 Å². The number of nitrogens with zero attached hydrogens (tertiary/aromatic N) is 1. The molecule has 8 heteroatoms. The molecule has 128 valence electrons. The largest absolute Gasteiger partial charge is 0.322 e. The minimum absolute atomic E-state index is 0.0159. The van der Waals surface area contributed by atoms with Gasteiger partial charge in [0.25, 0.3) is 5.91 Å². The van der Waals surface area contributed by atoms with E-state index in [1.807, 2.05) is 0 Å². The van der Waals surface area contributed by atoms with Gasteiger partial charge in [0.05, 0.1) is 5.02 Å². The average Bonchev–Trinajstić information content (AvgIpc) is 2.50. The summed E-state index contributed by atoms with van der Waals surface area (Å²) in [4.78, 5) is 12.2. The van der Waals surface area contributed by atoms with Crippen molar-refractivity contribution in [2.24, 2.45) is 0 Å². The normalized spacial score (nSPS) is 11.6. The number of aryl methyl sites for hydroxylation is 1. The molecule has 1 N–H and O–H groups in total. The average molecular weight is 371 g/mol. The van der Waals surface area contributed by atoms with Crippen molar-refractivity contribution in [3.8, 4) is 0 Å². The Morgan fingerprint density at radius 2 is 1.83 bits per heavy atom. The highest BCUT2D eigenvalue weighted by atomic mass is 35.5. The third-order valence-electron chi connectivity index (χ3n) is 3.40. The standard InChI is InChI=1S/C16H16ClFN2O3S/c1-10-4-6-12(18)9-14(10)19-16(21)11-5-7-13(17)15(8-11)24(22,23)20(2)3/h4-9H,1-3H3,(H,19,21). The van der Waals surface area contributed by atoms with Crippen LogP contribution in [0.25, 0.3) is 0 Å². The molecule has 0 spiro atoms. The lowest BCUT2D eigenvalue weighted by Crippen LogP contribution is -2.23. The fourth-order valence-electron chi connectivity index (χ4n) is 1.96. The summed E-state index contributed by atoms with van der Waals surface area (Å²) in [6, 6.07) is 7.96. The number of benzene rings is 2. The van der Waals surface area contributed by atoms with Gasteiger partial charge in [0, 0.05) is 25.3 Å². The molecule has 0 aliphatic heterocycles. The highest BCUT2D eigenvalue weighted by Gasteiger charge is 2.22. The lowest BCUT2D eigenvalue weighted by molar-refractivity contribution is 0.102. The van der Waals surface area contributed by atoms with Gasteiger partial charge in [-0.2, -0.15) is 0 Å². The third-order valence-corrected chi connectivity index (χ3v) is 5.70. The van der Waals surface area contributed by atoms with E-state index in [-0.39, 0.29) is 15.5 Å². The first-order chi connectivity index (χ1) is 11.1. The third kappa shape index (κ3) is 3.75. The summed E-state index contributed by atoms with van der Waals surface area (Å²) in [5.74, 6) is -1.04. The van der Waals surface area contributed by atoms with Crippen molar-refractivity contribution in [1.82, 2.24) is 4.31 Å². The highest BCUT2D eigenvalue weighted by molar-refractivity contribution is 7.89. The summed E-state index contributed by atoms with van der Waals surface area (Å²) in [5, 5.41) is 2.58. The molecule has 2 aromatic carbocycles. The quantitative estimate of drug-likeness (QED) is 0.898. The van der Waals surface area contributed by atoms with Gasteiger partial charge < -0.3 is 5.32 Å². The Labute approximate surface area is 145 Å². The molecule has 0 saturated heterocycles. The monoisotopic (exact) mass is 370 g/mol. The maximum atomic E-state index is 13.3. The van der Waals surface area contributed by atoms with Crippen LogP contribution in [0, 0.1) is 12.7 Å². The predicted octanol–water partition coefficient (Wildman–Crippen LogP) is 3.29. The first-order valence-electron chi connectivity index (χ1n) is 6.92. The second-order valence-corrected chi connectivity index (χ2v) is 7.87. The van der Waals surface area contributed by atoms with E-state index in [2.05, 4.69) is 5.32 Å². The molecule has 0 bridgehead atoms. The maximum Gasteiger partial charge on any atom is 0.255 e. The number of rotatable bonds is 4. The second-order valence-electron chi connectivity index (χ2n) is 5.35. The summed E-state index contributed by atoms with van der Waals surface area (Å²) >= 11 is 5.95. The molecule has 2 aromatic rings. The molecule has 0 saturated carbocycles. The molecule has 1 amide bonds. The van der Waals surface area contributed by atoms with Crippen LogP contribution in [0.5, 0.6) is 0 Å². The molecule has 2 rings (SSSR count). The van der Waals surface area contributed by atoms with Crippen LogP contribution in [0.3, 0.4) is 0 Å². The zero-order chi connectivity index (χ0) is 18.1. The van der Waals surface area contributed by atoms with E-state index in [4.69, 9.17) is 11.6 Å². The summed E-state index contributed by atoms with van der Waals surface area (Å²) in [7, 11) is -1.05. The second kappa shape index (κ2) is 6.88. The molecule has 0 unspecified atom stereocenters. The molecular weight excluding hydrogens is 355 g/mol. The van der Waals surface area contributed by atoms with E-state index < -0.39 is 21.7 Å². The number of anilines is 1. The summed E-state index contributed by atoms with van der Waals surface area (Å²) in [6.07, 6.45) is 0. The molecule has 5 nitrogen and oxygen atoms in total. The van der Waals surface area contributed by atoms with Crippen molar-refractivity contribution < 1.29 is 17.6 Å². The Morgan fingerprint density at radius 3 is 2.46 bits per heavy atom. The summed E-state index contributed by atoms with van der Waals surface area (Å²) in [6.45, 7) is 1.72. The van der Waals surface area contributed by atoms with E-state index in [0.29, 0.717) is 11.3 Å². The Bertz CT molecular complexity index is 898. The number of nitrogens with one attached hydrogen (secondary N) is 1. The Hall–Kier alpha value is -1.96. The Balaban J connectivity index is 2.39. The van der Waals surface area contributed by atoms with Crippen molar-refractivity contribution in [1.29, 1.82) is 0 Å². The molecule has 0 heterocycles. The molecule has 0 aromatic heterocycles. The number of amides is 1. The van der Waals surface area contributed by atoms with Gasteiger partial charge in [0.15, 0.2) is 0 Å². The van der Waals surface area contributed by atoms with Crippen molar-refractivity contribution in [2.45, 2.75) is 11.8 Å². The summed E-state index contributed by atoms with van der Waals surface area (Å²) in [5.41, 5.74) is 1.09. The molecule has 0 radical (unpaired) electrons. The van der Waals surface area contributed by atoms with Crippen LogP contribution >= 0.6 is 11.6 Å². The van der Waals surface area contributed by atoms with Gasteiger partial charge in [-0.25, -0.2) is 17.1 Å². The van der Waals surface area contributed by atoms with E-state index in [0.717, 1.165) is 4.31 Å². The summed E-state index contributed by atoms with van der Waals surface area (Å²) < 4.78 is 38.8. The van der Waals surface area contributed by atoms with Gasteiger partial charge in [-0.05, 0) is 42.8 Å². The van der Waals surface area contributed by atoms with Crippen LogP contribution in [0.2, 0.25) is 5.02 Å². The smallest absolute Gasteiger partial charge is 0.255 e. The molecule has 0 atom stereocenters. The van der Waals surface area contributed by atoms with E-state index in [1.54, 1.807) is 6.92 Å². The van der Waals surface area contributed by atoms with Crippen LogP contribution in [-0.2, 0) is 10.0 Å². The number of halogens is 2. The van der Waals surface area contributed by atoms with Crippen molar-refractivity contribution in [3.63, 3.8) is 0 Å². The van der Waals surface area contributed by atoms with Gasteiger partial charge in [-0.3, -0.25) is 4.79 Å². The molecular formula is C16H16ClFN2O3S. The fourth-order valence-corrected chi connectivity index (χ4v) is 3.36. The number of carbonyl (C=O) groups is 1. The number of hydrogen-bond donors (Lipinski definition) is 1. The van der Waals surface area contributed by atoms with Gasteiger partial charge in [-0.15, -0.1) is 0 Å². The Kier molecular flexibility index (Phi) is 5.27. The molecule has 0 fully saturated rings. The predicted molar refractivity (Wildman–Crippen MR) is 91.4 cm³/mol. The SMILES string of the molecule is Cc1ccc(F)cc1NC(=O)c1ccc(Cl)c(S(=O)(=O)N(C)C)c1. The van der Waals surface area contributed by atoms with Crippen LogP contribution in [0.4, 0.5) is 10.1 Å². The van der Waals surface area contributed by atoms with Crippen LogP contribution in [-0.4, -0.2) is 32.7 Å². The number of sulfonamides is 1. The number of hydrogen-bond acceptors (Lipinski definition) is 3. The van der Waals surface area contributed by atoms with Gasteiger partial charge in [0.2, 0.25) is 10.0 Å². The van der Waals surface area contributed by atoms with E-state index in [9.17, 15) is 17.6 Å². The minimum atomic E-state index is -3.79. The van der Waals surface area contributed by atoms with Crippen LogP contribution < -0.4 is 5.32 Å². The zero-order valence-corrected chi connectivity index (χ0v) is 14.9. The molecule has 0 aliphatic rings. The lowest BCUT2D eigenvalue weighted by Gasteiger charge is -2.14. The molecule has 24 heavy (non-hydrogen) atoms. The maximum absolute atomic E-state index is 13.3. The zero-order valence-electron chi connectivity index (χ0n) is 13.3. The lowest BCUT2D eigenvalue weighted by atomic mass is 10.1. The van der Waals surface area contributed by atoms with Crippen molar-refractivity contribution in [2.75, 3.05) is 19.4 Å². The van der Waals surface area contributed by atoms with Gasteiger partial charge in [-0.1, -0.05) is 17.7 Å². The molecule has 0 aliphatic carbocycles. The topological polar surface area (TPSA) is 66.5 Å². The first kappa shape index (κ1) is 18.4. The number of carbonyl (C=O) groups excluding carboxylic acids is 1. The van der Waals surface area contributed by atoms with Crippen molar-refractivity contribution in [3.05, 3.63) is 58.4 Å². The first-order valence-corrected chi connectivity index (χ1v) is 8.74. The fraction of sp³-hybridized carbons (Fsp3) is 0.188. The minimum Gasteiger partial charge on any atom is -0.322 e. The van der Waals surface area contributed by atoms with Gasteiger partial charge >= 0.3 is 0 Å². The Morgan fingerprint density at radius 1 is 1.17 bits per heavy atom. The highest BCUT2D eigenvalue weighted by Crippen LogP contribution is 2.25.